The molecular formula is C24H22N6OS. The monoisotopic (exact) mass is 442 g/mol. The predicted molar refractivity (Wildman–Crippen MR) is 126 cm³/mol. The smallest absolute Gasteiger partial charge is 0.251 e. The van der Waals surface area contributed by atoms with Crippen molar-refractivity contribution in [2.24, 2.45) is 0 Å². The summed E-state index contributed by atoms with van der Waals surface area (Å²) in [5.74, 6) is -0.0677. The van der Waals surface area contributed by atoms with Crippen molar-refractivity contribution in [3.05, 3.63) is 88.1 Å². The summed E-state index contributed by atoms with van der Waals surface area (Å²) in [5, 5.41) is 12.7. The normalized spacial score (nSPS) is 11.2. The fourth-order valence-corrected chi connectivity index (χ4v) is 4.41. The number of aryl methyl sites for hydroxylation is 1. The van der Waals surface area contributed by atoms with Crippen LogP contribution in [0.2, 0.25) is 0 Å². The molecule has 2 N–H and O–H groups in total. The van der Waals surface area contributed by atoms with Gasteiger partial charge in [-0.1, -0.05) is 23.4 Å². The Balaban J connectivity index is 1.19. The standard InChI is InChI=1S/C24H22N6OS/c1-16-23(32-15-27-16)9-11-26-24(31)18-4-2-17(3-5-18)13-30-14-22(28-29-30)19-6-7-21-20(12-19)8-10-25-21/h2-8,10,12,14-15,25H,9,11,13H2,1H3,(H,26,31). The third kappa shape index (κ3) is 4.31. The van der Waals surface area contributed by atoms with Crippen LogP contribution in [0.5, 0.6) is 0 Å². The van der Waals surface area contributed by atoms with Gasteiger partial charge in [0.2, 0.25) is 0 Å². The molecule has 160 valence electrons. The number of thiazole rings is 1. The number of hydrogen-bond donors (Lipinski definition) is 2. The number of aromatic nitrogens is 5. The Bertz CT molecular complexity index is 1360. The summed E-state index contributed by atoms with van der Waals surface area (Å²) in [7, 11) is 0. The summed E-state index contributed by atoms with van der Waals surface area (Å²) in [6.07, 6.45) is 4.67. The van der Waals surface area contributed by atoms with Crippen molar-refractivity contribution in [2.75, 3.05) is 6.54 Å². The van der Waals surface area contributed by atoms with Crippen LogP contribution in [0.3, 0.4) is 0 Å². The Kier molecular flexibility index (Phi) is 5.51. The molecule has 5 rings (SSSR count). The molecule has 0 aliphatic rings. The molecule has 1 amide bonds. The van der Waals surface area contributed by atoms with E-state index in [0.717, 1.165) is 39.8 Å². The van der Waals surface area contributed by atoms with Crippen molar-refractivity contribution in [2.45, 2.75) is 19.9 Å². The second-order valence-corrected chi connectivity index (χ2v) is 8.58. The molecule has 2 aromatic carbocycles. The SMILES string of the molecule is Cc1ncsc1CCNC(=O)c1ccc(Cn2cc(-c3ccc4[nH]ccc4c3)nn2)cc1. The zero-order chi connectivity index (χ0) is 21.9. The molecule has 0 aliphatic carbocycles. The molecule has 0 saturated heterocycles. The van der Waals surface area contributed by atoms with E-state index in [4.69, 9.17) is 0 Å². The summed E-state index contributed by atoms with van der Waals surface area (Å²) < 4.78 is 1.81. The highest BCUT2D eigenvalue weighted by molar-refractivity contribution is 7.09. The van der Waals surface area contributed by atoms with Gasteiger partial charge in [-0.2, -0.15) is 0 Å². The largest absolute Gasteiger partial charge is 0.361 e. The lowest BCUT2D eigenvalue weighted by Crippen LogP contribution is -2.25. The number of carbonyl (C=O) groups excluding carboxylic acids is 1. The molecule has 0 unspecified atom stereocenters. The fourth-order valence-electron chi connectivity index (χ4n) is 3.63. The number of H-pyrrole nitrogens is 1. The predicted octanol–water partition coefficient (Wildman–Crippen LogP) is 4.21. The minimum Gasteiger partial charge on any atom is -0.361 e. The lowest BCUT2D eigenvalue weighted by atomic mass is 10.1. The Labute approximate surface area is 189 Å². The first-order valence-electron chi connectivity index (χ1n) is 10.4. The Morgan fingerprint density at radius 2 is 2.03 bits per heavy atom. The number of rotatable bonds is 7. The summed E-state index contributed by atoms with van der Waals surface area (Å²) >= 11 is 1.62. The molecule has 0 fully saturated rings. The fraction of sp³-hybridized carbons (Fsp3) is 0.167. The number of amides is 1. The minimum atomic E-state index is -0.0677. The van der Waals surface area contributed by atoms with Crippen LogP contribution in [0.1, 0.15) is 26.5 Å². The van der Waals surface area contributed by atoms with Crippen molar-refractivity contribution in [3.63, 3.8) is 0 Å². The number of nitrogens with one attached hydrogen (secondary N) is 2. The molecule has 0 radical (unpaired) electrons. The second-order valence-electron chi connectivity index (χ2n) is 7.64. The molecule has 0 bridgehead atoms. The average Bonchev–Trinajstić information content (AvgIpc) is 3.55. The van der Waals surface area contributed by atoms with Gasteiger partial charge in [-0.3, -0.25) is 4.79 Å². The van der Waals surface area contributed by atoms with E-state index in [0.29, 0.717) is 18.7 Å². The van der Waals surface area contributed by atoms with Crippen LogP contribution in [-0.2, 0) is 13.0 Å². The zero-order valence-electron chi connectivity index (χ0n) is 17.6. The number of carbonyl (C=O) groups is 1. The number of fused-ring (bicyclic) bond motifs is 1. The van der Waals surface area contributed by atoms with Crippen LogP contribution in [0.4, 0.5) is 0 Å². The molecule has 32 heavy (non-hydrogen) atoms. The molecule has 0 spiro atoms. The van der Waals surface area contributed by atoms with Gasteiger partial charge in [-0.05, 0) is 42.8 Å². The molecule has 0 aliphatic heterocycles. The maximum absolute atomic E-state index is 12.4. The highest BCUT2D eigenvalue weighted by atomic mass is 32.1. The number of benzene rings is 2. The van der Waals surface area contributed by atoms with E-state index in [9.17, 15) is 4.79 Å². The van der Waals surface area contributed by atoms with Crippen LogP contribution in [0.25, 0.3) is 22.2 Å². The first-order chi connectivity index (χ1) is 15.7. The maximum Gasteiger partial charge on any atom is 0.251 e. The van der Waals surface area contributed by atoms with E-state index >= 15 is 0 Å². The molecular weight excluding hydrogens is 420 g/mol. The van der Waals surface area contributed by atoms with Crippen LogP contribution in [0.15, 0.2) is 66.4 Å². The molecule has 0 atom stereocenters. The molecule has 5 aromatic rings. The molecule has 3 heterocycles. The Morgan fingerprint density at radius 1 is 1.16 bits per heavy atom. The third-order valence-corrected chi connectivity index (χ3v) is 6.43. The number of nitrogens with zero attached hydrogens (tertiary/aromatic N) is 4. The molecule has 0 saturated carbocycles. The first kappa shape index (κ1) is 20.1. The molecule has 3 aromatic heterocycles. The summed E-state index contributed by atoms with van der Waals surface area (Å²) in [6.45, 7) is 3.18. The van der Waals surface area contributed by atoms with Crippen LogP contribution in [0, 0.1) is 6.92 Å². The van der Waals surface area contributed by atoms with E-state index in [1.54, 1.807) is 11.3 Å². The maximum atomic E-state index is 12.4. The zero-order valence-corrected chi connectivity index (χ0v) is 18.4. The van der Waals surface area contributed by atoms with Gasteiger partial charge in [0, 0.05) is 46.1 Å². The lowest BCUT2D eigenvalue weighted by Gasteiger charge is -2.06. The van der Waals surface area contributed by atoms with E-state index < -0.39 is 0 Å². The average molecular weight is 443 g/mol. The van der Waals surface area contributed by atoms with Crippen molar-refractivity contribution < 1.29 is 4.79 Å². The van der Waals surface area contributed by atoms with E-state index in [-0.39, 0.29) is 5.91 Å². The van der Waals surface area contributed by atoms with Gasteiger partial charge in [0.1, 0.15) is 5.69 Å². The summed E-state index contributed by atoms with van der Waals surface area (Å²) in [6, 6.07) is 15.8. The van der Waals surface area contributed by atoms with Gasteiger partial charge in [0.15, 0.2) is 0 Å². The van der Waals surface area contributed by atoms with Crippen molar-refractivity contribution in [3.8, 4) is 11.3 Å². The Morgan fingerprint density at radius 3 is 2.84 bits per heavy atom. The second kappa shape index (κ2) is 8.76. The molecule has 7 nitrogen and oxygen atoms in total. The number of aromatic amines is 1. The highest BCUT2D eigenvalue weighted by Crippen LogP contribution is 2.22. The lowest BCUT2D eigenvalue weighted by molar-refractivity contribution is 0.0954. The number of hydrogen-bond acceptors (Lipinski definition) is 5. The Hall–Kier alpha value is -3.78. The first-order valence-corrected chi connectivity index (χ1v) is 11.3. The van der Waals surface area contributed by atoms with Gasteiger partial charge < -0.3 is 10.3 Å². The summed E-state index contributed by atoms with van der Waals surface area (Å²) in [5.41, 5.74) is 7.54. The topological polar surface area (TPSA) is 88.5 Å². The minimum absolute atomic E-state index is 0.0677. The van der Waals surface area contributed by atoms with Gasteiger partial charge in [0.25, 0.3) is 5.91 Å². The van der Waals surface area contributed by atoms with E-state index in [2.05, 4.69) is 31.7 Å². The van der Waals surface area contributed by atoms with Gasteiger partial charge >= 0.3 is 0 Å². The van der Waals surface area contributed by atoms with Crippen molar-refractivity contribution >= 4 is 28.1 Å². The van der Waals surface area contributed by atoms with Gasteiger partial charge in [0.05, 0.1) is 23.9 Å². The van der Waals surface area contributed by atoms with Crippen LogP contribution >= 0.6 is 11.3 Å². The van der Waals surface area contributed by atoms with E-state index in [1.165, 1.54) is 4.88 Å². The summed E-state index contributed by atoms with van der Waals surface area (Å²) in [4.78, 5) is 21.1. The molecule has 8 heteroatoms. The highest BCUT2D eigenvalue weighted by Gasteiger charge is 2.09. The van der Waals surface area contributed by atoms with Crippen molar-refractivity contribution in [1.82, 2.24) is 30.3 Å². The quantitative estimate of drug-likeness (QED) is 0.395. The van der Waals surface area contributed by atoms with Crippen LogP contribution < -0.4 is 5.32 Å². The van der Waals surface area contributed by atoms with Gasteiger partial charge in [-0.15, -0.1) is 16.4 Å². The van der Waals surface area contributed by atoms with Crippen LogP contribution in [-0.4, -0.2) is 37.4 Å². The van der Waals surface area contributed by atoms with Crippen molar-refractivity contribution in [1.29, 1.82) is 0 Å². The third-order valence-electron chi connectivity index (χ3n) is 5.43. The van der Waals surface area contributed by atoms with Gasteiger partial charge in [-0.25, -0.2) is 9.67 Å². The van der Waals surface area contributed by atoms with E-state index in [1.807, 2.05) is 72.0 Å².